The van der Waals surface area contributed by atoms with Crippen molar-refractivity contribution >= 4 is 22.6 Å². The smallest absolute Gasteiger partial charge is 0.251 e. The van der Waals surface area contributed by atoms with Crippen molar-refractivity contribution in [2.45, 2.75) is 25.3 Å². The Morgan fingerprint density at radius 2 is 1.96 bits per heavy atom. The van der Waals surface area contributed by atoms with Crippen LogP contribution < -0.4 is 10.6 Å². The first kappa shape index (κ1) is 17.3. The van der Waals surface area contributed by atoms with Crippen LogP contribution in [0.15, 0.2) is 48.7 Å². The molecule has 1 aliphatic heterocycles. The summed E-state index contributed by atoms with van der Waals surface area (Å²) in [7, 11) is 1.91. The van der Waals surface area contributed by atoms with Crippen LogP contribution in [0.2, 0.25) is 0 Å². The first-order valence-electron chi connectivity index (χ1n) is 9.22. The standard InChI is InChI=1S/C21H22N4O2/c1-25-19(9-11-23-25)16-7-5-15-13-17(8-6-14(15)12-16)20(26)24-18-4-2-3-10-22-21(18)27/h5-9,11-13,18H,2-4,10H2,1H3,(H,22,27)(H,24,26). The molecule has 0 spiro atoms. The number of nitrogens with one attached hydrogen (secondary N) is 2. The van der Waals surface area contributed by atoms with E-state index in [1.54, 1.807) is 12.3 Å². The molecule has 0 aliphatic carbocycles. The summed E-state index contributed by atoms with van der Waals surface area (Å²) in [5.41, 5.74) is 2.68. The van der Waals surface area contributed by atoms with E-state index in [4.69, 9.17) is 0 Å². The van der Waals surface area contributed by atoms with Gasteiger partial charge in [-0.05, 0) is 54.3 Å². The van der Waals surface area contributed by atoms with E-state index in [-0.39, 0.29) is 11.8 Å². The van der Waals surface area contributed by atoms with Crippen molar-refractivity contribution in [1.29, 1.82) is 0 Å². The van der Waals surface area contributed by atoms with Gasteiger partial charge in [-0.1, -0.05) is 18.2 Å². The number of aryl methyl sites for hydroxylation is 1. The zero-order valence-electron chi connectivity index (χ0n) is 15.2. The first-order chi connectivity index (χ1) is 13.1. The molecule has 1 atom stereocenters. The van der Waals surface area contributed by atoms with Crippen LogP contribution >= 0.6 is 0 Å². The van der Waals surface area contributed by atoms with Gasteiger partial charge in [-0.3, -0.25) is 14.3 Å². The van der Waals surface area contributed by atoms with Gasteiger partial charge < -0.3 is 10.6 Å². The van der Waals surface area contributed by atoms with E-state index in [9.17, 15) is 9.59 Å². The number of nitrogens with zero attached hydrogens (tertiary/aromatic N) is 2. The highest BCUT2D eigenvalue weighted by atomic mass is 16.2. The van der Waals surface area contributed by atoms with Gasteiger partial charge in [-0.25, -0.2) is 0 Å². The zero-order valence-corrected chi connectivity index (χ0v) is 15.2. The molecule has 138 valence electrons. The first-order valence-corrected chi connectivity index (χ1v) is 9.22. The molecule has 4 rings (SSSR count). The number of benzene rings is 2. The van der Waals surface area contributed by atoms with Crippen LogP contribution in [0.5, 0.6) is 0 Å². The Balaban J connectivity index is 1.57. The number of fused-ring (bicyclic) bond motifs is 1. The molecule has 1 aliphatic rings. The Morgan fingerprint density at radius 1 is 1.15 bits per heavy atom. The van der Waals surface area contributed by atoms with E-state index in [0.29, 0.717) is 18.5 Å². The van der Waals surface area contributed by atoms with E-state index >= 15 is 0 Å². The molecular weight excluding hydrogens is 340 g/mol. The van der Waals surface area contributed by atoms with Crippen molar-refractivity contribution in [1.82, 2.24) is 20.4 Å². The third-order valence-corrected chi connectivity index (χ3v) is 5.06. The van der Waals surface area contributed by atoms with E-state index in [0.717, 1.165) is 34.9 Å². The predicted octanol–water partition coefficient (Wildman–Crippen LogP) is 2.64. The van der Waals surface area contributed by atoms with Crippen molar-refractivity contribution in [2.24, 2.45) is 7.05 Å². The molecule has 6 nitrogen and oxygen atoms in total. The van der Waals surface area contributed by atoms with Crippen molar-refractivity contribution in [3.63, 3.8) is 0 Å². The lowest BCUT2D eigenvalue weighted by atomic mass is 10.0. The summed E-state index contributed by atoms with van der Waals surface area (Å²) in [6, 6.07) is 13.3. The van der Waals surface area contributed by atoms with Gasteiger partial charge in [0.25, 0.3) is 5.91 Å². The SMILES string of the molecule is Cn1nccc1-c1ccc2cc(C(=O)NC3CCCCNC3=O)ccc2c1. The minimum Gasteiger partial charge on any atom is -0.354 e. The molecule has 1 fully saturated rings. The average Bonchev–Trinajstić information content (AvgIpc) is 3.01. The number of amides is 2. The summed E-state index contributed by atoms with van der Waals surface area (Å²) >= 11 is 0. The maximum Gasteiger partial charge on any atom is 0.251 e. The van der Waals surface area contributed by atoms with Gasteiger partial charge in [-0.2, -0.15) is 5.10 Å². The highest BCUT2D eigenvalue weighted by Crippen LogP contribution is 2.25. The highest BCUT2D eigenvalue weighted by Gasteiger charge is 2.22. The lowest BCUT2D eigenvalue weighted by molar-refractivity contribution is -0.122. The molecule has 0 radical (unpaired) electrons. The second-order valence-electron chi connectivity index (χ2n) is 6.93. The van der Waals surface area contributed by atoms with E-state index in [1.165, 1.54) is 0 Å². The summed E-state index contributed by atoms with van der Waals surface area (Å²) in [6.45, 7) is 0.681. The highest BCUT2D eigenvalue weighted by molar-refractivity contribution is 6.01. The summed E-state index contributed by atoms with van der Waals surface area (Å²) in [5.74, 6) is -0.308. The fourth-order valence-electron chi connectivity index (χ4n) is 3.52. The van der Waals surface area contributed by atoms with Crippen LogP contribution in [-0.2, 0) is 11.8 Å². The van der Waals surface area contributed by atoms with Crippen LogP contribution in [0.4, 0.5) is 0 Å². The van der Waals surface area contributed by atoms with E-state index in [1.807, 2.05) is 42.1 Å². The quantitative estimate of drug-likeness (QED) is 0.752. The third kappa shape index (κ3) is 3.56. The molecule has 1 aromatic heterocycles. The molecule has 2 N–H and O–H groups in total. The average molecular weight is 362 g/mol. The number of carbonyl (C=O) groups is 2. The monoisotopic (exact) mass is 362 g/mol. The van der Waals surface area contributed by atoms with Gasteiger partial charge in [0.15, 0.2) is 0 Å². The summed E-state index contributed by atoms with van der Waals surface area (Å²) in [4.78, 5) is 24.6. The Labute approximate surface area is 157 Å². The zero-order chi connectivity index (χ0) is 18.8. The second kappa shape index (κ2) is 7.23. The Kier molecular flexibility index (Phi) is 4.62. The summed E-state index contributed by atoms with van der Waals surface area (Å²) < 4.78 is 1.83. The van der Waals surface area contributed by atoms with Crippen LogP contribution in [0, 0.1) is 0 Å². The number of rotatable bonds is 3. The molecule has 1 saturated heterocycles. The van der Waals surface area contributed by atoms with Crippen molar-refractivity contribution in [3.05, 3.63) is 54.2 Å². The van der Waals surface area contributed by atoms with Gasteiger partial charge in [0.2, 0.25) is 5.91 Å². The number of carbonyl (C=O) groups excluding carboxylic acids is 2. The molecule has 27 heavy (non-hydrogen) atoms. The maximum atomic E-state index is 12.6. The lowest BCUT2D eigenvalue weighted by Gasteiger charge is -2.15. The van der Waals surface area contributed by atoms with Crippen LogP contribution in [0.25, 0.3) is 22.0 Å². The molecule has 2 heterocycles. The normalized spacial score (nSPS) is 17.4. The number of hydrogen-bond donors (Lipinski definition) is 2. The largest absolute Gasteiger partial charge is 0.354 e. The minimum absolute atomic E-state index is 0.0949. The Hall–Kier alpha value is -3.15. The van der Waals surface area contributed by atoms with Crippen molar-refractivity contribution in [2.75, 3.05) is 6.54 Å². The Morgan fingerprint density at radius 3 is 2.78 bits per heavy atom. The van der Waals surface area contributed by atoms with Gasteiger partial charge in [0.05, 0.1) is 5.69 Å². The van der Waals surface area contributed by atoms with Gasteiger partial charge >= 0.3 is 0 Å². The molecule has 1 unspecified atom stereocenters. The molecule has 0 saturated carbocycles. The number of hydrogen-bond acceptors (Lipinski definition) is 3. The fraction of sp³-hybridized carbons (Fsp3) is 0.286. The molecule has 6 heteroatoms. The topological polar surface area (TPSA) is 76.0 Å². The predicted molar refractivity (Wildman–Crippen MR) is 104 cm³/mol. The molecule has 2 amide bonds. The maximum absolute atomic E-state index is 12.6. The van der Waals surface area contributed by atoms with Gasteiger partial charge in [-0.15, -0.1) is 0 Å². The second-order valence-corrected chi connectivity index (χ2v) is 6.93. The summed E-state index contributed by atoms with van der Waals surface area (Å²) in [6.07, 6.45) is 4.33. The van der Waals surface area contributed by atoms with E-state index < -0.39 is 6.04 Å². The fourth-order valence-corrected chi connectivity index (χ4v) is 3.52. The molecule has 3 aromatic rings. The van der Waals surface area contributed by atoms with E-state index in [2.05, 4.69) is 21.8 Å². The molecule has 0 bridgehead atoms. The van der Waals surface area contributed by atoms with Crippen molar-refractivity contribution in [3.8, 4) is 11.3 Å². The minimum atomic E-state index is -0.456. The van der Waals surface area contributed by atoms with Crippen LogP contribution in [-0.4, -0.2) is 34.2 Å². The van der Waals surface area contributed by atoms with Crippen LogP contribution in [0.1, 0.15) is 29.6 Å². The lowest BCUT2D eigenvalue weighted by Crippen LogP contribution is -2.45. The summed E-state index contributed by atoms with van der Waals surface area (Å²) in [5, 5.41) is 12.0. The molecule has 2 aromatic carbocycles. The molecular formula is C21H22N4O2. The van der Waals surface area contributed by atoms with Crippen LogP contribution in [0.3, 0.4) is 0 Å². The number of aromatic nitrogens is 2. The Bertz CT molecular complexity index is 1010. The third-order valence-electron chi connectivity index (χ3n) is 5.06. The van der Waals surface area contributed by atoms with Gasteiger partial charge in [0, 0.05) is 30.9 Å². The van der Waals surface area contributed by atoms with Crippen molar-refractivity contribution < 1.29 is 9.59 Å². The van der Waals surface area contributed by atoms with Gasteiger partial charge in [0.1, 0.15) is 6.04 Å².